The van der Waals surface area contributed by atoms with E-state index in [1.807, 2.05) is 19.9 Å². The Morgan fingerprint density at radius 1 is 1.30 bits per heavy atom. The fraction of sp³-hybridized carbons (Fsp3) is 0.812. The third-order valence-corrected chi connectivity index (χ3v) is 3.29. The first-order valence-corrected chi connectivity index (χ1v) is 7.62. The molecule has 1 aliphatic heterocycles. The fourth-order valence-electron chi connectivity index (χ4n) is 2.19. The summed E-state index contributed by atoms with van der Waals surface area (Å²) < 4.78 is 16.2. The Hall–Kier alpha value is -0.870. The molecule has 1 unspecified atom stereocenters. The van der Waals surface area contributed by atoms with E-state index in [2.05, 4.69) is 6.58 Å². The molecule has 1 rings (SSSR count). The van der Waals surface area contributed by atoms with Crippen molar-refractivity contribution in [1.82, 2.24) is 0 Å². The third-order valence-electron chi connectivity index (χ3n) is 3.29. The summed E-state index contributed by atoms with van der Waals surface area (Å²) in [6.45, 7) is 8.21. The van der Waals surface area contributed by atoms with Crippen molar-refractivity contribution in [3.63, 3.8) is 0 Å². The molecular formula is C16H28O4. The van der Waals surface area contributed by atoms with Gasteiger partial charge in [0.05, 0.1) is 6.61 Å². The van der Waals surface area contributed by atoms with Crippen molar-refractivity contribution < 1.29 is 19.0 Å². The quantitative estimate of drug-likeness (QED) is 0.349. The van der Waals surface area contributed by atoms with Gasteiger partial charge in [0.2, 0.25) is 0 Å². The number of unbranched alkanes of at least 4 members (excludes halogenated alkanes) is 5. The van der Waals surface area contributed by atoms with Gasteiger partial charge in [-0.15, -0.1) is 6.58 Å². The Kier molecular flexibility index (Phi) is 7.85. The number of allylic oxidation sites excluding steroid dienone is 1. The molecule has 0 amide bonds. The van der Waals surface area contributed by atoms with Crippen LogP contribution < -0.4 is 0 Å². The fourth-order valence-corrected chi connectivity index (χ4v) is 2.19. The molecule has 4 nitrogen and oxygen atoms in total. The van der Waals surface area contributed by atoms with E-state index in [9.17, 15) is 4.79 Å². The summed E-state index contributed by atoms with van der Waals surface area (Å²) in [6, 6.07) is 0. The van der Waals surface area contributed by atoms with Gasteiger partial charge in [-0.25, -0.2) is 0 Å². The maximum Gasteiger partial charge on any atom is 0.305 e. The summed E-state index contributed by atoms with van der Waals surface area (Å²) >= 11 is 0. The number of hydrogen-bond acceptors (Lipinski definition) is 4. The Morgan fingerprint density at radius 3 is 2.65 bits per heavy atom. The number of rotatable bonds is 10. The molecule has 0 spiro atoms. The molecule has 0 aromatic carbocycles. The largest absolute Gasteiger partial charge is 0.463 e. The summed E-state index contributed by atoms with van der Waals surface area (Å²) in [5.74, 6) is -0.688. The summed E-state index contributed by atoms with van der Waals surface area (Å²) in [4.78, 5) is 11.6. The standard InChI is InChI=1S/C16H28O4/c1-4-5-6-7-8-9-10-11-15(17)18-12-14-13-19-16(2,3)20-14/h4,14H,1,5-13H2,2-3H3. The van der Waals surface area contributed by atoms with Crippen molar-refractivity contribution in [3.05, 3.63) is 12.7 Å². The monoisotopic (exact) mass is 284 g/mol. The van der Waals surface area contributed by atoms with Crippen LogP contribution in [0, 0.1) is 0 Å². The Bertz CT molecular complexity index is 299. The molecule has 0 N–H and O–H groups in total. The third kappa shape index (κ3) is 7.65. The van der Waals surface area contributed by atoms with Crippen LogP contribution >= 0.6 is 0 Å². The predicted octanol–water partition coefficient (Wildman–Crippen LogP) is 3.60. The van der Waals surface area contributed by atoms with Crippen molar-refractivity contribution in [2.45, 2.75) is 70.7 Å². The zero-order chi connectivity index (χ0) is 14.8. The lowest BCUT2D eigenvalue weighted by molar-refractivity contribution is -0.158. The van der Waals surface area contributed by atoms with E-state index in [0.29, 0.717) is 19.6 Å². The van der Waals surface area contributed by atoms with Crippen molar-refractivity contribution in [2.24, 2.45) is 0 Å². The van der Waals surface area contributed by atoms with Crippen LogP contribution in [-0.4, -0.2) is 31.1 Å². The van der Waals surface area contributed by atoms with E-state index in [1.165, 1.54) is 19.3 Å². The van der Waals surface area contributed by atoms with E-state index in [0.717, 1.165) is 19.3 Å². The van der Waals surface area contributed by atoms with E-state index in [4.69, 9.17) is 14.2 Å². The second kappa shape index (κ2) is 9.14. The van der Waals surface area contributed by atoms with Gasteiger partial charge in [-0.1, -0.05) is 25.3 Å². The second-order valence-electron chi connectivity index (χ2n) is 5.73. The van der Waals surface area contributed by atoms with Gasteiger partial charge in [0.15, 0.2) is 5.79 Å². The van der Waals surface area contributed by atoms with Crippen LogP contribution in [0.15, 0.2) is 12.7 Å². The van der Waals surface area contributed by atoms with Crippen molar-refractivity contribution in [2.75, 3.05) is 13.2 Å². The Balaban J connectivity index is 1.94. The maximum absolute atomic E-state index is 11.6. The van der Waals surface area contributed by atoms with Crippen LogP contribution in [0.5, 0.6) is 0 Å². The number of carbonyl (C=O) groups excluding carboxylic acids is 1. The molecule has 0 aromatic rings. The first-order chi connectivity index (χ1) is 9.53. The highest BCUT2D eigenvalue weighted by atomic mass is 16.7. The minimum atomic E-state index is -0.553. The van der Waals surface area contributed by atoms with Gasteiger partial charge in [-0.05, 0) is 33.1 Å². The molecule has 116 valence electrons. The van der Waals surface area contributed by atoms with Gasteiger partial charge in [0.25, 0.3) is 0 Å². The van der Waals surface area contributed by atoms with Crippen LogP contribution in [0.4, 0.5) is 0 Å². The van der Waals surface area contributed by atoms with Gasteiger partial charge in [0.1, 0.15) is 12.7 Å². The Morgan fingerprint density at radius 2 is 2.00 bits per heavy atom. The SMILES string of the molecule is C=CCCCCCCCC(=O)OCC1COC(C)(C)O1. The number of esters is 1. The maximum atomic E-state index is 11.6. The summed E-state index contributed by atoms with van der Waals surface area (Å²) in [5.41, 5.74) is 0. The molecule has 1 heterocycles. The minimum absolute atomic E-state index is 0.132. The highest BCUT2D eigenvalue weighted by Crippen LogP contribution is 2.22. The lowest BCUT2D eigenvalue weighted by atomic mass is 10.1. The first kappa shape index (κ1) is 17.2. The zero-order valence-electron chi connectivity index (χ0n) is 12.9. The van der Waals surface area contributed by atoms with Crippen LogP contribution in [0.3, 0.4) is 0 Å². The molecule has 0 aromatic heterocycles. The molecule has 20 heavy (non-hydrogen) atoms. The summed E-state index contributed by atoms with van der Waals surface area (Å²) in [7, 11) is 0. The lowest BCUT2D eigenvalue weighted by Gasteiger charge is -2.16. The molecule has 4 heteroatoms. The first-order valence-electron chi connectivity index (χ1n) is 7.62. The van der Waals surface area contributed by atoms with E-state index in [1.54, 1.807) is 0 Å². The molecule has 1 fully saturated rings. The molecule has 0 saturated carbocycles. The van der Waals surface area contributed by atoms with Gasteiger partial charge in [-0.2, -0.15) is 0 Å². The molecule has 1 saturated heterocycles. The van der Waals surface area contributed by atoms with Gasteiger partial charge in [0, 0.05) is 6.42 Å². The Labute approximate surface area is 122 Å². The van der Waals surface area contributed by atoms with Gasteiger partial charge in [-0.3, -0.25) is 4.79 Å². The highest BCUT2D eigenvalue weighted by molar-refractivity contribution is 5.69. The van der Waals surface area contributed by atoms with E-state index >= 15 is 0 Å². The topological polar surface area (TPSA) is 44.8 Å². The molecular weight excluding hydrogens is 256 g/mol. The molecule has 0 bridgehead atoms. The van der Waals surface area contributed by atoms with Gasteiger partial charge >= 0.3 is 5.97 Å². The second-order valence-corrected chi connectivity index (χ2v) is 5.73. The molecule has 1 atom stereocenters. The molecule has 0 aliphatic carbocycles. The minimum Gasteiger partial charge on any atom is -0.463 e. The van der Waals surface area contributed by atoms with Crippen LogP contribution in [0.25, 0.3) is 0 Å². The van der Waals surface area contributed by atoms with Crippen LogP contribution in [-0.2, 0) is 19.0 Å². The van der Waals surface area contributed by atoms with E-state index < -0.39 is 5.79 Å². The predicted molar refractivity (Wildman–Crippen MR) is 78.4 cm³/mol. The van der Waals surface area contributed by atoms with Crippen molar-refractivity contribution in [3.8, 4) is 0 Å². The number of ether oxygens (including phenoxy) is 3. The number of hydrogen-bond donors (Lipinski definition) is 0. The lowest BCUT2D eigenvalue weighted by Crippen LogP contribution is -2.25. The van der Waals surface area contributed by atoms with Crippen LogP contribution in [0.1, 0.15) is 58.8 Å². The van der Waals surface area contributed by atoms with Crippen LogP contribution in [0.2, 0.25) is 0 Å². The van der Waals surface area contributed by atoms with Crippen molar-refractivity contribution >= 4 is 5.97 Å². The summed E-state index contributed by atoms with van der Waals surface area (Å²) in [6.07, 6.45) is 8.98. The average molecular weight is 284 g/mol. The average Bonchev–Trinajstić information content (AvgIpc) is 2.75. The summed E-state index contributed by atoms with van der Waals surface area (Å²) in [5, 5.41) is 0. The highest BCUT2D eigenvalue weighted by Gasteiger charge is 2.33. The van der Waals surface area contributed by atoms with Crippen molar-refractivity contribution in [1.29, 1.82) is 0 Å². The zero-order valence-corrected chi connectivity index (χ0v) is 12.9. The smallest absolute Gasteiger partial charge is 0.305 e. The van der Waals surface area contributed by atoms with E-state index in [-0.39, 0.29) is 12.1 Å². The number of carbonyl (C=O) groups is 1. The molecule has 1 aliphatic rings. The normalized spacial score (nSPS) is 20.8. The van der Waals surface area contributed by atoms with Gasteiger partial charge < -0.3 is 14.2 Å². The molecule has 0 radical (unpaired) electrons.